The van der Waals surface area contributed by atoms with E-state index in [-0.39, 0.29) is 0 Å². The van der Waals surface area contributed by atoms with Crippen LogP contribution < -0.4 is 0 Å². The molecule has 11 heavy (non-hydrogen) atoms. The van der Waals surface area contributed by atoms with E-state index in [0.29, 0.717) is 0 Å². The predicted octanol–water partition coefficient (Wildman–Crippen LogP) is 2.76. The summed E-state index contributed by atoms with van der Waals surface area (Å²) in [6.07, 6.45) is 4.25. The van der Waals surface area contributed by atoms with Crippen molar-refractivity contribution in [2.75, 3.05) is 14.1 Å². The third-order valence-electron chi connectivity index (χ3n) is 2.40. The van der Waals surface area contributed by atoms with Crippen LogP contribution in [0.1, 0.15) is 40.0 Å². The van der Waals surface area contributed by atoms with Gasteiger partial charge in [0.1, 0.15) is 0 Å². The lowest BCUT2D eigenvalue weighted by Crippen LogP contribution is -2.24. The lowest BCUT2D eigenvalue weighted by Gasteiger charge is -2.17. The van der Waals surface area contributed by atoms with Crippen LogP contribution in [0.25, 0.3) is 0 Å². The molecule has 0 saturated heterocycles. The van der Waals surface area contributed by atoms with Crippen LogP contribution >= 0.6 is 0 Å². The maximum Gasteiger partial charge on any atom is 0.00918 e. The minimum atomic E-state index is 0.875. The maximum atomic E-state index is 2.35. The molecule has 0 aromatic heterocycles. The largest absolute Gasteiger partial charge is 0.306 e. The van der Waals surface area contributed by atoms with Crippen LogP contribution in [0.5, 0.6) is 0 Å². The quantitative estimate of drug-likeness (QED) is 0.565. The Labute approximate surface area is 71.8 Å². The van der Waals surface area contributed by atoms with Crippen molar-refractivity contribution in [2.45, 2.75) is 46.1 Å². The molecule has 0 radical (unpaired) electrons. The zero-order valence-electron chi connectivity index (χ0n) is 8.72. The molecule has 0 N–H and O–H groups in total. The van der Waals surface area contributed by atoms with Crippen molar-refractivity contribution in [3.8, 4) is 0 Å². The molecule has 0 aliphatic heterocycles. The molecular formula is C10H23N. The van der Waals surface area contributed by atoms with Crippen molar-refractivity contribution in [3.63, 3.8) is 0 Å². The van der Waals surface area contributed by atoms with Crippen LogP contribution in [0.3, 0.4) is 0 Å². The summed E-state index contributed by atoms with van der Waals surface area (Å²) in [5.41, 5.74) is 0. The van der Waals surface area contributed by atoms with E-state index in [2.05, 4.69) is 25.9 Å². The van der Waals surface area contributed by atoms with Gasteiger partial charge in [0, 0.05) is 6.04 Å². The first kappa shape index (κ1) is 11.0. The van der Waals surface area contributed by atoms with Gasteiger partial charge in [0.2, 0.25) is 0 Å². The van der Waals surface area contributed by atoms with Gasteiger partial charge in [-0.1, -0.05) is 20.8 Å². The SMILES string of the molecule is CC.C[C@@H]1CC[C@@H](N(C)C)C1. The summed E-state index contributed by atoms with van der Waals surface area (Å²) in [4.78, 5) is 2.35. The van der Waals surface area contributed by atoms with Gasteiger partial charge in [-0.05, 0) is 39.3 Å². The molecule has 0 amide bonds. The van der Waals surface area contributed by atoms with Crippen LogP contribution in [-0.2, 0) is 0 Å². The van der Waals surface area contributed by atoms with E-state index in [4.69, 9.17) is 0 Å². The van der Waals surface area contributed by atoms with E-state index >= 15 is 0 Å². The number of nitrogens with zero attached hydrogens (tertiary/aromatic N) is 1. The van der Waals surface area contributed by atoms with E-state index in [1.54, 1.807) is 0 Å². The molecule has 1 aliphatic carbocycles. The summed E-state index contributed by atoms with van der Waals surface area (Å²) in [6.45, 7) is 6.35. The van der Waals surface area contributed by atoms with Gasteiger partial charge in [-0.2, -0.15) is 0 Å². The Kier molecular flexibility index (Phi) is 5.57. The summed E-state index contributed by atoms with van der Waals surface area (Å²) >= 11 is 0. The Morgan fingerprint density at radius 1 is 1.09 bits per heavy atom. The third-order valence-corrected chi connectivity index (χ3v) is 2.40. The average Bonchev–Trinajstić information content (AvgIpc) is 2.40. The molecule has 0 aromatic rings. The Bertz CT molecular complexity index is 88.9. The summed E-state index contributed by atoms with van der Waals surface area (Å²) in [7, 11) is 4.37. The summed E-state index contributed by atoms with van der Waals surface area (Å²) < 4.78 is 0. The summed E-state index contributed by atoms with van der Waals surface area (Å²) in [6, 6.07) is 0.875. The zero-order valence-corrected chi connectivity index (χ0v) is 8.72. The second kappa shape index (κ2) is 5.59. The fourth-order valence-corrected chi connectivity index (χ4v) is 1.65. The van der Waals surface area contributed by atoms with Gasteiger partial charge < -0.3 is 4.90 Å². The minimum Gasteiger partial charge on any atom is -0.306 e. The van der Waals surface area contributed by atoms with Crippen molar-refractivity contribution in [1.82, 2.24) is 4.90 Å². The Morgan fingerprint density at radius 2 is 1.64 bits per heavy atom. The molecule has 0 heterocycles. The van der Waals surface area contributed by atoms with Crippen LogP contribution in [0.15, 0.2) is 0 Å². The molecular weight excluding hydrogens is 134 g/mol. The Balaban J connectivity index is 0.000000461. The molecule has 1 aliphatic rings. The van der Waals surface area contributed by atoms with E-state index in [1.807, 2.05) is 13.8 Å². The van der Waals surface area contributed by atoms with Gasteiger partial charge in [-0.3, -0.25) is 0 Å². The van der Waals surface area contributed by atoms with Crippen LogP contribution in [0, 0.1) is 5.92 Å². The smallest absolute Gasteiger partial charge is 0.00918 e. The van der Waals surface area contributed by atoms with Crippen molar-refractivity contribution in [2.24, 2.45) is 5.92 Å². The van der Waals surface area contributed by atoms with Crippen LogP contribution in [-0.4, -0.2) is 25.0 Å². The first-order valence-electron chi connectivity index (χ1n) is 4.86. The molecule has 0 spiro atoms. The number of rotatable bonds is 1. The number of hydrogen-bond donors (Lipinski definition) is 0. The van der Waals surface area contributed by atoms with Gasteiger partial charge in [0.25, 0.3) is 0 Å². The standard InChI is InChI=1S/C8H17N.C2H6/c1-7-4-5-8(6-7)9(2)3;1-2/h7-8H,4-6H2,1-3H3;1-2H3/t7-,8-;/m1./s1. The fourth-order valence-electron chi connectivity index (χ4n) is 1.65. The highest BCUT2D eigenvalue weighted by Gasteiger charge is 2.21. The molecule has 2 atom stereocenters. The molecule has 1 heteroatoms. The molecule has 0 unspecified atom stereocenters. The van der Waals surface area contributed by atoms with Gasteiger partial charge in [-0.25, -0.2) is 0 Å². The third kappa shape index (κ3) is 3.76. The molecule has 1 rings (SSSR count). The molecule has 1 nitrogen and oxygen atoms in total. The second-order valence-electron chi connectivity index (χ2n) is 3.54. The van der Waals surface area contributed by atoms with Gasteiger partial charge in [0.05, 0.1) is 0 Å². The Morgan fingerprint density at radius 3 is 1.82 bits per heavy atom. The topological polar surface area (TPSA) is 3.24 Å². The monoisotopic (exact) mass is 157 g/mol. The molecule has 68 valence electrons. The fraction of sp³-hybridized carbons (Fsp3) is 1.00. The Hall–Kier alpha value is -0.0400. The van der Waals surface area contributed by atoms with Crippen LogP contribution in [0.2, 0.25) is 0 Å². The zero-order chi connectivity index (χ0) is 8.85. The van der Waals surface area contributed by atoms with Gasteiger partial charge in [-0.15, -0.1) is 0 Å². The first-order valence-corrected chi connectivity index (χ1v) is 4.86. The maximum absolute atomic E-state index is 2.35. The molecule has 0 aromatic carbocycles. The first-order chi connectivity index (χ1) is 5.20. The van der Waals surface area contributed by atoms with E-state index in [9.17, 15) is 0 Å². The summed E-state index contributed by atoms with van der Waals surface area (Å²) in [5, 5.41) is 0. The second-order valence-corrected chi connectivity index (χ2v) is 3.54. The highest BCUT2D eigenvalue weighted by atomic mass is 15.1. The lowest BCUT2D eigenvalue weighted by molar-refractivity contribution is 0.293. The number of hydrogen-bond acceptors (Lipinski definition) is 1. The van der Waals surface area contributed by atoms with Crippen molar-refractivity contribution in [3.05, 3.63) is 0 Å². The van der Waals surface area contributed by atoms with E-state index in [0.717, 1.165) is 12.0 Å². The molecule has 0 bridgehead atoms. The highest BCUT2D eigenvalue weighted by molar-refractivity contribution is 4.77. The van der Waals surface area contributed by atoms with Crippen molar-refractivity contribution < 1.29 is 0 Å². The lowest BCUT2D eigenvalue weighted by atomic mass is 10.1. The molecule has 1 fully saturated rings. The highest BCUT2D eigenvalue weighted by Crippen LogP contribution is 2.26. The van der Waals surface area contributed by atoms with Crippen LogP contribution in [0.4, 0.5) is 0 Å². The van der Waals surface area contributed by atoms with Gasteiger partial charge >= 0.3 is 0 Å². The minimum absolute atomic E-state index is 0.875. The average molecular weight is 157 g/mol. The van der Waals surface area contributed by atoms with Crippen molar-refractivity contribution >= 4 is 0 Å². The predicted molar refractivity (Wildman–Crippen MR) is 51.8 cm³/mol. The van der Waals surface area contributed by atoms with E-state index in [1.165, 1.54) is 19.3 Å². The summed E-state index contributed by atoms with van der Waals surface area (Å²) in [5.74, 6) is 0.970. The normalized spacial score (nSPS) is 30.0. The van der Waals surface area contributed by atoms with Crippen molar-refractivity contribution in [1.29, 1.82) is 0 Å². The van der Waals surface area contributed by atoms with Gasteiger partial charge in [0.15, 0.2) is 0 Å². The van der Waals surface area contributed by atoms with E-state index < -0.39 is 0 Å². The molecule has 1 saturated carbocycles.